The summed E-state index contributed by atoms with van der Waals surface area (Å²) in [6.07, 6.45) is 2.34. The Morgan fingerprint density at radius 2 is 2.00 bits per heavy atom. The number of carbonyl (C=O) groups excluding carboxylic acids is 2. The molecule has 1 atom stereocenters. The molecule has 0 spiro atoms. The van der Waals surface area contributed by atoms with Gasteiger partial charge in [-0.25, -0.2) is 0 Å². The van der Waals surface area contributed by atoms with E-state index >= 15 is 0 Å². The van der Waals surface area contributed by atoms with E-state index in [1.54, 1.807) is 24.3 Å². The van der Waals surface area contributed by atoms with Crippen LogP contribution < -0.4 is 10.2 Å². The van der Waals surface area contributed by atoms with Crippen LogP contribution in [0.4, 0.5) is 11.4 Å². The second kappa shape index (κ2) is 7.06. The van der Waals surface area contributed by atoms with Gasteiger partial charge in [0.25, 0.3) is 0 Å². The topological polar surface area (TPSA) is 86.7 Å². The Morgan fingerprint density at radius 3 is 2.55 bits per heavy atom. The Labute approximate surface area is 129 Å². The van der Waals surface area contributed by atoms with Gasteiger partial charge in [0, 0.05) is 30.8 Å². The average molecular weight is 304 g/mol. The normalized spacial score (nSPS) is 17.6. The number of carboxylic acid groups (broad SMARTS) is 1. The van der Waals surface area contributed by atoms with Crippen molar-refractivity contribution in [3.05, 3.63) is 24.3 Å². The smallest absolute Gasteiger partial charge is 0.308 e. The number of hydrogen-bond acceptors (Lipinski definition) is 3. The van der Waals surface area contributed by atoms with E-state index in [1.807, 2.05) is 6.92 Å². The lowest BCUT2D eigenvalue weighted by Gasteiger charge is -2.16. The van der Waals surface area contributed by atoms with Crippen LogP contribution in [0, 0.1) is 5.92 Å². The maximum absolute atomic E-state index is 11.9. The highest BCUT2D eigenvalue weighted by molar-refractivity contribution is 5.99. The van der Waals surface area contributed by atoms with Crippen LogP contribution >= 0.6 is 0 Å². The highest BCUT2D eigenvalue weighted by Crippen LogP contribution is 2.26. The van der Waals surface area contributed by atoms with Crippen LogP contribution in [0.2, 0.25) is 0 Å². The Bertz CT molecular complexity index is 568. The number of anilines is 2. The van der Waals surface area contributed by atoms with Crippen molar-refractivity contribution in [3.8, 4) is 0 Å². The predicted octanol–water partition coefficient (Wildman–Crippen LogP) is 2.25. The lowest BCUT2D eigenvalue weighted by atomic mass is 10.1. The minimum absolute atomic E-state index is 0.0298. The van der Waals surface area contributed by atoms with Crippen molar-refractivity contribution in [2.75, 3.05) is 16.8 Å². The highest BCUT2D eigenvalue weighted by Gasteiger charge is 2.34. The van der Waals surface area contributed by atoms with Gasteiger partial charge >= 0.3 is 5.97 Å². The molecule has 0 aliphatic carbocycles. The van der Waals surface area contributed by atoms with Gasteiger partial charge < -0.3 is 15.3 Å². The lowest BCUT2D eigenvalue weighted by molar-refractivity contribution is -0.141. The number of benzene rings is 1. The molecule has 1 aromatic carbocycles. The number of rotatable bonds is 6. The van der Waals surface area contributed by atoms with Crippen molar-refractivity contribution in [3.63, 3.8) is 0 Å². The van der Waals surface area contributed by atoms with Gasteiger partial charge in [0.2, 0.25) is 11.8 Å². The molecule has 1 aromatic rings. The predicted molar refractivity (Wildman–Crippen MR) is 82.7 cm³/mol. The number of hydrogen-bond donors (Lipinski definition) is 2. The van der Waals surface area contributed by atoms with Gasteiger partial charge in [-0.2, -0.15) is 0 Å². The van der Waals surface area contributed by atoms with Gasteiger partial charge in [0.15, 0.2) is 0 Å². The molecule has 1 fully saturated rings. The molecule has 0 aromatic heterocycles. The molecule has 1 saturated heterocycles. The van der Waals surface area contributed by atoms with Crippen LogP contribution in [0.15, 0.2) is 24.3 Å². The first-order chi connectivity index (χ1) is 10.5. The van der Waals surface area contributed by atoms with E-state index < -0.39 is 11.9 Å². The highest BCUT2D eigenvalue weighted by atomic mass is 16.4. The molecule has 0 radical (unpaired) electrons. The standard InChI is InChI=1S/C16H20N2O4/c1-2-3-4-14(19)17-12-5-7-13(8-6-12)18-10-11(16(21)22)9-15(18)20/h5-8,11H,2-4,9-10H2,1H3,(H,17,19)(H,21,22)/t11-/m1/s1. The molecular formula is C16H20N2O4. The number of unbranched alkanes of at least 4 members (excludes halogenated alkanes) is 1. The minimum Gasteiger partial charge on any atom is -0.481 e. The largest absolute Gasteiger partial charge is 0.481 e. The Hall–Kier alpha value is -2.37. The number of carbonyl (C=O) groups is 3. The number of nitrogens with one attached hydrogen (secondary N) is 1. The molecule has 1 aliphatic heterocycles. The summed E-state index contributed by atoms with van der Waals surface area (Å²) in [6.45, 7) is 2.22. The quantitative estimate of drug-likeness (QED) is 0.844. The molecule has 6 nitrogen and oxygen atoms in total. The van der Waals surface area contributed by atoms with Crippen molar-refractivity contribution in [1.29, 1.82) is 0 Å². The first-order valence-corrected chi connectivity index (χ1v) is 7.44. The van der Waals surface area contributed by atoms with Crippen molar-refractivity contribution >= 4 is 29.2 Å². The molecule has 0 bridgehead atoms. The van der Waals surface area contributed by atoms with Gasteiger partial charge in [-0.15, -0.1) is 0 Å². The van der Waals surface area contributed by atoms with Gasteiger partial charge in [-0.1, -0.05) is 13.3 Å². The zero-order valence-corrected chi connectivity index (χ0v) is 12.5. The van der Waals surface area contributed by atoms with Crippen molar-refractivity contribution in [1.82, 2.24) is 0 Å². The summed E-state index contributed by atoms with van der Waals surface area (Å²) in [6, 6.07) is 6.89. The Balaban J connectivity index is 1.99. The fraction of sp³-hybridized carbons (Fsp3) is 0.438. The van der Waals surface area contributed by atoms with Crippen LogP contribution in [-0.4, -0.2) is 29.4 Å². The first kappa shape index (κ1) is 16.0. The summed E-state index contributed by atoms with van der Waals surface area (Å²) in [5.74, 6) is -1.82. The molecule has 22 heavy (non-hydrogen) atoms. The number of nitrogens with zero attached hydrogens (tertiary/aromatic N) is 1. The fourth-order valence-corrected chi connectivity index (χ4v) is 2.41. The zero-order valence-electron chi connectivity index (χ0n) is 12.5. The molecule has 2 N–H and O–H groups in total. The molecule has 1 heterocycles. The van der Waals surface area contributed by atoms with Gasteiger partial charge in [-0.05, 0) is 30.7 Å². The van der Waals surface area contributed by atoms with E-state index in [-0.39, 0.29) is 24.8 Å². The molecule has 0 saturated carbocycles. The molecule has 1 aliphatic rings. The number of aliphatic carboxylic acids is 1. The lowest BCUT2D eigenvalue weighted by Crippen LogP contribution is -2.25. The van der Waals surface area contributed by atoms with Crippen LogP contribution in [-0.2, 0) is 14.4 Å². The third kappa shape index (κ3) is 3.84. The minimum atomic E-state index is -0.948. The number of amides is 2. The average Bonchev–Trinajstić information content (AvgIpc) is 2.88. The third-order valence-corrected chi connectivity index (χ3v) is 3.69. The maximum atomic E-state index is 11.9. The molecule has 0 unspecified atom stereocenters. The third-order valence-electron chi connectivity index (χ3n) is 3.69. The van der Waals surface area contributed by atoms with Gasteiger partial charge in [-0.3, -0.25) is 14.4 Å². The van der Waals surface area contributed by atoms with Gasteiger partial charge in [0.05, 0.1) is 5.92 Å². The Kier molecular flexibility index (Phi) is 5.14. The first-order valence-electron chi connectivity index (χ1n) is 7.44. The number of carboxylic acids is 1. The van der Waals surface area contributed by atoms with Gasteiger partial charge in [0.1, 0.15) is 0 Å². The van der Waals surface area contributed by atoms with Crippen LogP contribution in [0.1, 0.15) is 32.6 Å². The van der Waals surface area contributed by atoms with E-state index in [0.29, 0.717) is 17.8 Å². The molecule has 6 heteroatoms. The summed E-state index contributed by atoms with van der Waals surface area (Å²) in [7, 11) is 0. The van der Waals surface area contributed by atoms with Crippen molar-refractivity contribution < 1.29 is 19.5 Å². The second-order valence-corrected chi connectivity index (χ2v) is 5.44. The summed E-state index contributed by atoms with van der Waals surface area (Å²) >= 11 is 0. The molecular weight excluding hydrogens is 284 g/mol. The van der Waals surface area contributed by atoms with Crippen LogP contribution in [0.5, 0.6) is 0 Å². The van der Waals surface area contributed by atoms with Crippen molar-refractivity contribution in [2.24, 2.45) is 5.92 Å². The summed E-state index contributed by atoms with van der Waals surface area (Å²) in [4.78, 5) is 35.9. The van der Waals surface area contributed by atoms with E-state index in [1.165, 1.54) is 4.90 Å². The SMILES string of the molecule is CCCCC(=O)Nc1ccc(N2C[C@H](C(=O)O)CC2=O)cc1. The Morgan fingerprint density at radius 1 is 1.32 bits per heavy atom. The van der Waals surface area contributed by atoms with E-state index in [2.05, 4.69) is 5.32 Å². The van der Waals surface area contributed by atoms with Crippen LogP contribution in [0.25, 0.3) is 0 Å². The molecule has 118 valence electrons. The monoisotopic (exact) mass is 304 g/mol. The molecule has 2 rings (SSSR count). The summed E-state index contributed by atoms with van der Waals surface area (Å²) < 4.78 is 0. The van der Waals surface area contributed by atoms with E-state index in [0.717, 1.165) is 12.8 Å². The van der Waals surface area contributed by atoms with Crippen molar-refractivity contribution in [2.45, 2.75) is 32.6 Å². The van der Waals surface area contributed by atoms with Crippen LogP contribution in [0.3, 0.4) is 0 Å². The maximum Gasteiger partial charge on any atom is 0.308 e. The van der Waals surface area contributed by atoms with E-state index in [4.69, 9.17) is 5.11 Å². The molecule has 2 amide bonds. The summed E-state index contributed by atoms with van der Waals surface area (Å²) in [5.41, 5.74) is 1.33. The summed E-state index contributed by atoms with van der Waals surface area (Å²) in [5, 5.41) is 11.8. The second-order valence-electron chi connectivity index (χ2n) is 5.44. The fourth-order valence-electron chi connectivity index (χ4n) is 2.41. The van der Waals surface area contributed by atoms with E-state index in [9.17, 15) is 14.4 Å². The zero-order chi connectivity index (χ0) is 16.1.